The van der Waals surface area contributed by atoms with Crippen molar-refractivity contribution in [3.05, 3.63) is 27.7 Å². The van der Waals surface area contributed by atoms with Crippen LogP contribution in [0.15, 0.2) is 22.2 Å². The lowest BCUT2D eigenvalue weighted by Crippen LogP contribution is -2.21. The summed E-state index contributed by atoms with van der Waals surface area (Å²) in [6, 6.07) is 4.69. The summed E-state index contributed by atoms with van der Waals surface area (Å²) in [5, 5.41) is 3.59. The van der Waals surface area contributed by atoms with Crippen molar-refractivity contribution in [1.29, 1.82) is 0 Å². The summed E-state index contributed by atoms with van der Waals surface area (Å²) in [7, 11) is 3.32. The van der Waals surface area contributed by atoms with E-state index in [0.717, 1.165) is 34.1 Å². The first-order valence-corrected chi connectivity index (χ1v) is 8.19. The molecule has 1 aromatic carbocycles. The summed E-state index contributed by atoms with van der Waals surface area (Å²) in [5.41, 5.74) is 2.52. The van der Waals surface area contributed by atoms with Gasteiger partial charge in [0.1, 0.15) is 0 Å². The van der Waals surface area contributed by atoms with Gasteiger partial charge in [-0.05, 0) is 36.5 Å². The number of hydrogen-bond donors (Lipinski definition) is 1. The summed E-state index contributed by atoms with van der Waals surface area (Å²) < 4.78 is 11.7. The van der Waals surface area contributed by atoms with Crippen LogP contribution in [-0.2, 0) is 0 Å². The largest absolute Gasteiger partial charge is 0.493 e. The number of ether oxygens (including phenoxy) is 2. The molecule has 0 heterocycles. The van der Waals surface area contributed by atoms with Crippen LogP contribution >= 0.6 is 15.9 Å². The Kier molecular flexibility index (Phi) is 5.71. The highest BCUT2D eigenvalue weighted by molar-refractivity contribution is 9.10. The molecule has 0 bridgehead atoms. The third kappa shape index (κ3) is 4.48. The number of nitrogens with one attached hydrogen (secondary N) is 1. The molecule has 116 valence electrons. The minimum Gasteiger partial charge on any atom is -0.493 e. The maximum absolute atomic E-state index is 5.39. The van der Waals surface area contributed by atoms with Gasteiger partial charge in [0.25, 0.3) is 0 Å². The van der Waals surface area contributed by atoms with Crippen LogP contribution in [0.1, 0.15) is 32.3 Å². The molecule has 0 amide bonds. The molecule has 0 saturated heterocycles. The van der Waals surface area contributed by atoms with Gasteiger partial charge in [-0.25, -0.2) is 0 Å². The second-order valence-electron chi connectivity index (χ2n) is 5.76. The van der Waals surface area contributed by atoms with Gasteiger partial charge >= 0.3 is 0 Å². The van der Waals surface area contributed by atoms with Crippen molar-refractivity contribution in [3.8, 4) is 11.5 Å². The zero-order valence-corrected chi connectivity index (χ0v) is 14.8. The first kappa shape index (κ1) is 16.4. The number of hydrogen-bond acceptors (Lipinski definition) is 3. The van der Waals surface area contributed by atoms with Crippen LogP contribution in [0.3, 0.4) is 0 Å². The fourth-order valence-electron chi connectivity index (χ4n) is 2.15. The molecular formula is C17H24BrNO2. The molecule has 0 aromatic heterocycles. The maximum Gasteiger partial charge on any atom is 0.161 e. The molecule has 0 radical (unpaired) electrons. The van der Waals surface area contributed by atoms with Crippen molar-refractivity contribution >= 4 is 22.0 Å². The smallest absolute Gasteiger partial charge is 0.161 e. The lowest BCUT2D eigenvalue weighted by molar-refractivity contribution is 0.354. The van der Waals surface area contributed by atoms with Crippen molar-refractivity contribution in [2.45, 2.75) is 32.7 Å². The predicted octanol–water partition coefficient (Wildman–Crippen LogP) is 4.26. The molecule has 0 unspecified atom stereocenters. The second-order valence-corrected chi connectivity index (χ2v) is 6.61. The summed E-state index contributed by atoms with van der Waals surface area (Å²) in [6.45, 7) is 5.41. The van der Waals surface area contributed by atoms with Crippen molar-refractivity contribution in [3.63, 3.8) is 0 Å². The first-order valence-electron chi connectivity index (χ1n) is 7.40. The summed E-state index contributed by atoms with van der Waals surface area (Å²) in [5.74, 6) is 2.00. The molecular weight excluding hydrogens is 330 g/mol. The van der Waals surface area contributed by atoms with Gasteiger partial charge in [-0.3, -0.25) is 0 Å². The maximum atomic E-state index is 5.39. The molecule has 1 aliphatic carbocycles. The van der Waals surface area contributed by atoms with Crippen molar-refractivity contribution in [2.75, 3.05) is 20.8 Å². The van der Waals surface area contributed by atoms with Crippen molar-refractivity contribution < 1.29 is 9.47 Å². The highest BCUT2D eigenvalue weighted by Crippen LogP contribution is 2.34. The van der Waals surface area contributed by atoms with Gasteiger partial charge in [-0.15, -0.1) is 0 Å². The Labute approximate surface area is 135 Å². The van der Waals surface area contributed by atoms with Gasteiger partial charge in [0, 0.05) is 17.1 Å². The Bertz CT molecular complexity index is 522. The fraction of sp³-hybridized carbons (Fsp3) is 0.529. The minimum atomic E-state index is 0.510. The van der Waals surface area contributed by atoms with Crippen LogP contribution in [0.4, 0.5) is 0 Å². The zero-order chi connectivity index (χ0) is 15.4. The Morgan fingerprint density at radius 1 is 1.29 bits per heavy atom. The molecule has 21 heavy (non-hydrogen) atoms. The predicted molar refractivity (Wildman–Crippen MR) is 91.1 cm³/mol. The van der Waals surface area contributed by atoms with Crippen LogP contribution in [0.5, 0.6) is 11.5 Å². The van der Waals surface area contributed by atoms with E-state index in [1.807, 2.05) is 12.1 Å². The Hall–Kier alpha value is -1.00. The second kappa shape index (κ2) is 7.32. The Balaban J connectivity index is 2.26. The molecule has 1 N–H and O–H groups in total. The molecule has 0 aliphatic heterocycles. The molecule has 0 spiro atoms. The lowest BCUT2D eigenvalue weighted by atomic mass is 10.00. The van der Waals surface area contributed by atoms with E-state index in [-0.39, 0.29) is 0 Å². The van der Waals surface area contributed by atoms with E-state index < -0.39 is 0 Å². The van der Waals surface area contributed by atoms with Gasteiger partial charge in [0.15, 0.2) is 11.5 Å². The van der Waals surface area contributed by atoms with Gasteiger partial charge in [0.05, 0.1) is 14.2 Å². The van der Waals surface area contributed by atoms with Crippen LogP contribution in [0.25, 0.3) is 6.08 Å². The molecule has 2 rings (SSSR count). The van der Waals surface area contributed by atoms with Crippen LogP contribution in [0, 0.1) is 5.92 Å². The molecule has 1 fully saturated rings. The number of rotatable bonds is 7. The normalized spacial score (nSPS) is 15.4. The molecule has 1 saturated carbocycles. The van der Waals surface area contributed by atoms with E-state index in [0.29, 0.717) is 5.92 Å². The number of benzene rings is 1. The Morgan fingerprint density at radius 3 is 2.43 bits per heavy atom. The van der Waals surface area contributed by atoms with E-state index in [4.69, 9.17) is 9.47 Å². The van der Waals surface area contributed by atoms with Gasteiger partial charge in [-0.2, -0.15) is 0 Å². The molecule has 1 aliphatic rings. The minimum absolute atomic E-state index is 0.510. The van der Waals surface area contributed by atoms with Crippen LogP contribution in [0.2, 0.25) is 0 Å². The molecule has 1 aromatic rings. The highest BCUT2D eigenvalue weighted by Gasteiger charge is 2.21. The highest BCUT2D eigenvalue weighted by atomic mass is 79.9. The van der Waals surface area contributed by atoms with Crippen LogP contribution < -0.4 is 14.8 Å². The first-order chi connectivity index (χ1) is 10.0. The van der Waals surface area contributed by atoms with Crippen molar-refractivity contribution in [1.82, 2.24) is 5.32 Å². The van der Waals surface area contributed by atoms with Crippen LogP contribution in [-0.4, -0.2) is 26.8 Å². The fourth-order valence-corrected chi connectivity index (χ4v) is 2.59. The summed E-state index contributed by atoms with van der Waals surface area (Å²) in [4.78, 5) is 0. The summed E-state index contributed by atoms with van der Waals surface area (Å²) >= 11 is 3.62. The lowest BCUT2D eigenvalue weighted by Gasteiger charge is -2.15. The quantitative estimate of drug-likeness (QED) is 0.794. The third-order valence-electron chi connectivity index (χ3n) is 3.76. The average Bonchev–Trinajstić information content (AvgIpc) is 3.28. The van der Waals surface area contributed by atoms with Gasteiger partial charge in [-0.1, -0.05) is 41.4 Å². The molecule has 4 heteroatoms. The van der Waals surface area contributed by atoms with Gasteiger partial charge in [0.2, 0.25) is 0 Å². The molecule has 3 nitrogen and oxygen atoms in total. The van der Waals surface area contributed by atoms with E-state index in [1.165, 1.54) is 18.4 Å². The topological polar surface area (TPSA) is 30.5 Å². The summed E-state index contributed by atoms with van der Waals surface area (Å²) in [6.07, 6.45) is 4.86. The molecule has 0 atom stereocenters. The van der Waals surface area contributed by atoms with E-state index in [1.54, 1.807) is 14.2 Å². The van der Waals surface area contributed by atoms with E-state index in [2.05, 4.69) is 41.2 Å². The standard InChI is InChI=1S/C17H24BrNO2/c1-11(2)13(10-19-14-5-6-14)7-12-8-16(20-3)17(21-4)9-15(12)18/h7-9,11,14,19H,5-6,10H2,1-4H3. The van der Waals surface area contributed by atoms with Gasteiger partial charge < -0.3 is 14.8 Å². The monoisotopic (exact) mass is 353 g/mol. The van der Waals surface area contributed by atoms with Crippen molar-refractivity contribution in [2.24, 2.45) is 5.92 Å². The Morgan fingerprint density at radius 2 is 1.90 bits per heavy atom. The average molecular weight is 354 g/mol. The SMILES string of the molecule is COc1cc(Br)c(C=C(CNC2CC2)C(C)C)cc1OC. The van der Waals surface area contributed by atoms with E-state index >= 15 is 0 Å². The zero-order valence-electron chi connectivity index (χ0n) is 13.2. The number of halogens is 1. The number of methoxy groups -OCH3 is 2. The van der Waals surface area contributed by atoms with E-state index in [9.17, 15) is 0 Å². The third-order valence-corrected chi connectivity index (χ3v) is 4.44.